The number of fused-ring (bicyclic) bond motifs is 1. The fraction of sp³-hybridized carbons (Fsp3) is 0.429. The molecule has 3 N–H and O–H groups in total. The van der Waals surface area contributed by atoms with E-state index in [1.54, 1.807) is 0 Å². The molecule has 1 aliphatic rings. The predicted molar refractivity (Wildman–Crippen MR) is 70.2 cm³/mol. The van der Waals surface area contributed by atoms with Gasteiger partial charge >= 0.3 is 0 Å². The van der Waals surface area contributed by atoms with Gasteiger partial charge in [0.2, 0.25) is 5.91 Å². The first-order valence-corrected chi connectivity index (χ1v) is 6.30. The van der Waals surface area contributed by atoms with Crippen LogP contribution in [0.2, 0.25) is 0 Å². The maximum Gasteiger partial charge on any atom is 0.234 e. The Balaban J connectivity index is 2.05. The second kappa shape index (κ2) is 5.83. The van der Waals surface area contributed by atoms with Crippen molar-refractivity contribution in [2.24, 2.45) is 0 Å². The molecule has 0 aliphatic heterocycles. The van der Waals surface area contributed by atoms with E-state index in [9.17, 15) is 9.90 Å². The van der Waals surface area contributed by atoms with Gasteiger partial charge in [0, 0.05) is 0 Å². The highest BCUT2D eigenvalue weighted by Crippen LogP contribution is 2.36. The fourth-order valence-corrected chi connectivity index (χ4v) is 2.54. The molecule has 0 heterocycles. The molecule has 1 aromatic rings. The monoisotopic (exact) mass is 259 g/mol. The van der Waals surface area contributed by atoms with E-state index in [1.807, 2.05) is 30.3 Å². The largest absolute Gasteiger partial charge is 0.394 e. The van der Waals surface area contributed by atoms with Gasteiger partial charge in [-0.2, -0.15) is 5.26 Å². The Morgan fingerprint density at radius 1 is 1.47 bits per heavy atom. The molecule has 2 rings (SSSR count). The van der Waals surface area contributed by atoms with Crippen LogP contribution in [-0.4, -0.2) is 30.7 Å². The van der Waals surface area contributed by atoms with Crippen LogP contribution in [0.4, 0.5) is 0 Å². The SMILES string of the molecule is N#CCNC(=O)CNC1(CO)CCc2ccccc21. The lowest BCUT2D eigenvalue weighted by atomic mass is 9.92. The molecule has 5 nitrogen and oxygen atoms in total. The molecule has 1 amide bonds. The van der Waals surface area contributed by atoms with Gasteiger partial charge in [-0.05, 0) is 24.0 Å². The molecule has 0 saturated carbocycles. The van der Waals surface area contributed by atoms with E-state index < -0.39 is 5.54 Å². The van der Waals surface area contributed by atoms with Crippen molar-refractivity contribution in [3.63, 3.8) is 0 Å². The fourth-order valence-electron chi connectivity index (χ4n) is 2.54. The molecule has 0 radical (unpaired) electrons. The summed E-state index contributed by atoms with van der Waals surface area (Å²) in [6.45, 7) is 0.0509. The van der Waals surface area contributed by atoms with Gasteiger partial charge in [-0.15, -0.1) is 0 Å². The topological polar surface area (TPSA) is 85.2 Å². The number of hydrogen-bond acceptors (Lipinski definition) is 4. The summed E-state index contributed by atoms with van der Waals surface area (Å²) in [4.78, 5) is 11.5. The van der Waals surface area contributed by atoms with Gasteiger partial charge in [0.05, 0.1) is 24.8 Å². The van der Waals surface area contributed by atoms with Crippen molar-refractivity contribution in [3.8, 4) is 6.07 Å². The number of carbonyl (C=O) groups excluding carboxylic acids is 1. The summed E-state index contributed by atoms with van der Waals surface area (Å²) in [5.74, 6) is -0.237. The van der Waals surface area contributed by atoms with E-state index in [0.717, 1.165) is 18.4 Å². The highest BCUT2D eigenvalue weighted by atomic mass is 16.3. The molecule has 19 heavy (non-hydrogen) atoms. The van der Waals surface area contributed by atoms with Crippen LogP contribution in [0.15, 0.2) is 24.3 Å². The third kappa shape index (κ3) is 2.75. The lowest BCUT2D eigenvalue weighted by molar-refractivity contribution is -0.120. The number of hydrogen-bond donors (Lipinski definition) is 3. The summed E-state index contributed by atoms with van der Waals surface area (Å²) in [6.07, 6.45) is 1.66. The average Bonchev–Trinajstić information content (AvgIpc) is 2.82. The van der Waals surface area contributed by atoms with Gasteiger partial charge in [-0.25, -0.2) is 0 Å². The molecular formula is C14H17N3O2. The third-order valence-corrected chi connectivity index (χ3v) is 3.58. The van der Waals surface area contributed by atoms with Crippen molar-refractivity contribution in [1.82, 2.24) is 10.6 Å². The molecule has 1 unspecified atom stereocenters. The molecule has 0 bridgehead atoms. The Labute approximate surface area is 112 Å². The van der Waals surface area contributed by atoms with E-state index in [4.69, 9.17) is 5.26 Å². The van der Waals surface area contributed by atoms with Crippen LogP contribution in [0, 0.1) is 11.3 Å². The normalized spacial score (nSPS) is 20.6. The van der Waals surface area contributed by atoms with Gasteiger partial charge in [-0.1, -0.05) is 24.3 Å². The van der Waals surface area contributed by atoms with E-state index in [1.165, 1.54) is 5.56 Å². The molecule has 1 aliphatic carbocycles. The number of nitrogens with zero attached hydrogens (tertiary/aromatic N) is 1. The first-order chi connectivity index (χ1) is 9.22. The minimum Gasteiger partial charge on any atom is -0.394 e. The summed E-state index contributed by atoms with van der Waals surface area (Å²) >= 11 is 0. The minimum atomic E-state index is -0.541. The maximum absolute atomic E-state index is 11.5. The van der Waals surface area contributed by atoms with E-state index in [2.05, 4.69) is 10.6 Å². The highest BCUT2D eigenvalue weighted by Gasteiger charge is 2.37. The number of aliphatic hydroxyl groups excluding tert-OH is 1. The number of carbonyl (C=O) groups is 1. The molecule has 1 aromatic carbocycles. The number of aryl methyl sites for hydroxylation is 1. The molecule has 100 valence electrons. The van der Waals surface area contributed by atoms with E-state index in [-0.39, 0.29) is 25.6 Å². The Morgan fingerprint density at radius 2 is 2.26 bits per heavy atom. The number of rotatable bonds is 5. The van der Waals surface area contributed by atoms with Gasteiger partial charge in [-0.3, -0.25) is 10.1 Å². The number of benzene rings is 1. The van der Waals surface area contributed by atoms with Crippen LogP contribution in [-0.2, 0) is 16.8 Å². The average molecular weight is 259 g/mol. The Morgan fingerprint density at radius 3 is 3.00 bits per heavy atom. The second-order valence-corrected chi connectivity index (χ2v) is 4.69. The number of amides is 1. The number of nitriles is 1. The van der Waals surface area contributed by atoms with Crippen LogP contribution < -0.4 is 10.6 Å². The first kappa shape index (κ1) is 13.5. The highest BCUT2D eigenvalue weighted by molar-refractivity contribution is 5.78. The van der Waals surface area contributed by atoms with Crippen molar-refractivity contribution < 1.29 is 9.90 Å². The third-order valence-electron chi connectivity index (χ3n) is 3.58. The van der Waals surface area contributed by atoms with Gasteiger partial charge in [0.25, 0.3) is 0 Å². The van der Waals surface area contributed by atoms with Crippen LogP contribution in [0.1, 0.15) is 17.5 Å². The smallest absolute Gasteiger partial charge is 0.234 e. The van der Waals surface area contributed by atoms with E-state index >= 15 is 0 Å². The summed E-state index contributed by atoms with van der Waals surface area (Å²) in [7, 11) is 0. The molecular weight excluding hydrogens is 242 g/mol. The molecule has 0 saturated heterocycles. The lowest BCUT2D eigenvalue weighted by Gasteiger charge is -2.29. The van der Waals surface area contributed by atoms with Crippen LogP contribution in [0.3, 0.4) is 0 Å². The Hall–Kier alpha value is -1.90. The quantitative estimate of drug-likeness (QED) is 0.652. The Kier molecular flexibility index (Phi) is 4.15. The van der Waals surface area contributed by atoms with Crippen LogP contribution in [0.5, 0.6) is 0 Å². The van der Waals surface area contributed by atoms with Gasteiger partial charge in [0.15, 0.2) is 0 Å². The van der Waals surface area contributed by atoms with Crippen molar-refractivity contribution in [2.45, 2.75) is 18.4 Å². The summed E-state index contributed by atoms with van der Waals surface area (Å²) < 4.78 is 0. The van der Waals surface area contributed by atoms with E-state index in [0.29, 0.717) is 0 Å². The van der Waals surface area contributed by atoms with Crippen molar-refractivity contribution >= 4 is 5.91 Å². The number of nitrogens with one attached hydrogen (secondary N) is 2. The zero-order valence-electron chi connectivity index (χ0n) is 10.6. The van der Waals surface area contributed by atoms with Crippen LogP contribution in [0.25, 0.3) is 0 Å². The molecule has 5 heteroatoms. The summed E-state index contributed by atoms with van der Waals surface area (Å²) in [5, 5.41) is 23.7. The molecule has 1 atom stereocenters. The lowest BCUT2D eigenvalue weighted by Crippen LogP contribution is -2.48. The summed E-state index contributed by atoms with van der Waals surface area (Å²) in [6, 6.07) is 9.80. The molecule has 0 aromatic heterocycles. The van der Waals surface area contributed by atoms with Crippen molar-refractivity contribution in [3.05, 3.63) is 35.4 Å². The predicted octanol–water partition coefficient (Wildman–Crippen LogP) is 0.0498. The maximum atomic E-state index is 11.5. The zero-order valence-corrected chi connectivity index (χ0v) is 10.6. The van der Waals surface area contributed by atoms with Crippen LogP contribution >= 0.6 is 0 Å². The minimum absolute atomic E-state index is 0.00320. The zero-order chi connectivity index (χ0) is 13.7. The second-order valence-electron chi connectivity index (χ2n) is 4.69. The number of aliphatic hydroxyl groups is 1. The molecule has 0 fully saturated rings. The van der Waals surface area contributed by atoms with Gasteiger partial charge in [0.1, 0.15) is 6.54 Å². The Bertz CT molecular complexity index is 510. The summed E-state index contributed by atoms with van der Waals surface area (Å²) in [5.41, 5.74) is 1.73. The molecule has 0 spiro atoms. The van der Waals surface area contributed by atoms with Gasteiger partial charge < -0.3 is 10.4 Å². The first-order valence-electron chi connectivity index (χ1n) is 6.30. The standard InChI is InChI=1S/C14H17N3O2/c15-7-8-16-13(19)9-17-14(10-18)6-5-11-3-1-2-4-12(11)14/h1-4,17-18H,5-6,8-10H2,(H,16,19). The van der Waals surface area contributed by atoms with Crippen molar-refractivity contribution in [2.75, 3.05) is 19.7 Å². The van der Waals surface area contributed by atoms with Crippen molar-refractivity contribution in [1.29, 1.82) is 5.26 Å².